The molecule has 1 aromatic carbocycles. The van der Waals surface area contributed by atoms with Crippen LogP contribution in [0.2, 0.25) is 0 Å². The molecule has 0 saturated heterocycles. The van der Waals surface area contributed by atoms with Crippen molar-refractivity contribution in [1.82, 2.24) is 20.4 Å². The standard InChI is InChI=1S/C22H32N6/c1-4-23-22(24-12-7-15-28-19(3)16-18(2)26-28)25-17-20-8-10-21(11-9-20)27-13-5-6-14-27/h5-6,8-11,16H,4,7,12-15,17H2,1-3H3,(H2,23,24,25). The third kappa shape index (κ3) is 5.62. The number of aliphatic imine (C=N–C) groups is 1. The number of nitrogens with zero attached hydrogens (tertiary/aromatic N) is 4. The van der Waals surface area contributed by atoms with Crippen LogP contribution in [0.15, 0.2) is 47.5 Å². The Morgan fingerprint density at radius 3 is 2.50 bits per heavy atom. The molecule has 0 saturated carbocycles. The highest BCUT2D eigenvalue weighted by Gasteiger charge is 2.07. The van der Waals surface area contributed by atoms with Crippen molar-refractivity contribution < 1.29 is 0 Å². The molecule has 1 aromatic heterocycles. The van der Waals surface area contributed by atoms with E-state index in [2.05, 4.69) is 81.6 Å². The molecule has 0 aliphatic carbocycles. The van der Waals surface area contributed by atoms with Gasteiger partial charge in [0, 0.05) is 44.1 Å². The molecule has 6 nitrogen and oxygen atoms in total. The van der Waals surface area contributed by atoms with Gasteiger partial charge in [0.1, 0.15) is 0 Å². The average Bonchev–Trinajstić information content (AvgIpc) is 3.33. The van der Waals surface area contributed by atoms with Crippen LogP contribution < -0.4 is 15.5 Å². The summed E-state index contributed by atoms with van der Waals surface area (Å²) in [4.78, 5) is 7.07. The van der Waals surface area contributed by atoms with Gasteiger partial charge in [-0.15, -0.1) is 0 Å². The van der Waals surface area contributed by atoms with Gasteiger partial charge < -0.3 is 15.5 Å². The maximum Gasteiger partial charge on any atom is 0.191 e. The second-order valence-electron chi connectivity index (χ2n) is 7.17. The summed E-state index contributed by atoms with van der Waals surface area (Å²) < 4.78 is 2.07. The number of benzene rings is 1. The SMILES string of the molecule is CCNC(=NCc1ccc(N2CC=CC2)cc1)NCCCn1nc(C)cc1C. The third-order valence-corrected chi connectivity index (χ3v) is 4.83. The molecule has 1 aliphatic heterocycles. The molecule has 0 radical (unpaired) electrons. The van der Waals surface area contributed by atoms with Crippen LogP contribution in [-0.4, -0.2) is 41.9 Å². The van der Waals surface area contributed by atoms with E-state index >= 15 is 0 Å². The van der Waals surface area contributed by atoms with Crippen molar-refractivity contribution in [2.24, 2.45) is 4.99 Å². The van der Waals surface area contributed by atoms with E-state index in [1.807, 2.05) is 6.92 Å². The van der Waals surface area contributed by atoms with Crippen molar-refractivity contribution in [1.29, 1.82) is 0 Å². The zero-order valence-corrected chi connectivity index (χ0v) is 17.3. The first-order valence-corrected chi connectivity index (χ1v) is 10.2. The number of aryl methyl sites for hydroxylation is 3. The van der Waals surface area contributed by atoms with Gasteiger partial charge in [0.05, 0.1) is 12.2 Å². The molecule has 0 bridgehead atoms. The molecular weight excluding hydrogens is 348 g/mol. The van der Waals surface area contributed by atoms with Crippen molar-refractivity contribution in [3.63, 3.8) is 0 Å². The summed E-state index contributed by atoms with van der Waals surface area (Å²) in [6.07, 6.45) is 5.42. The van der Waals surface area contributed by atoms with Crippen LogP contribution in [0, 0.1) is 13.8 Å². The lowest BCUT2D eigenvalue weighted by molar-refractivity contribution is 0.555. The van der Waals surface area contributed by atoms with Crippen LogP contribution in [0.4, 0.5) is 5.69 Å². The van der Waals surface area contributed by atoms with Gasteiger partial charge in [-0.1, -0.05) is 24.3 Å². The molecule has 0 fully saturated rings. The molecule has 2 aromatic rings. The molecule has 0 spiro atoms. The highest BCUT2D eigenvalue weighted by Crippen LogP contribution is 2.17. The molecule has 3 rings (SSSR count). The van der Waals surface area contributed by atoms with Gasteiger partial charge >= 0.3 is 0 Å². The molecule has 0 unspecified atom stereocenters. The van der Waals surface area contributed by atoms with Gasteiger partial charge in [-0.25, -0.2) is 4.99 Å². The Labute approximate surface area is 168 Å². The number of guanidine groups is 1. The molecule has 1 aliphatic rings. The Bertz CT molecular complexity index is 795. The zero-order chi connectivity index (χ0) is 19.8. The number of nitrogens with one attached hydrogen (secondary N) is 2. The van der Waals surface area contributed by atoms with Gasteiger partial charge in [-0.2, -0.15) is 5.10 Å². The topological polar surface area (TPSA) is 57.5 Å². The van der Waals surface area contributed by atoms with Crippen LogP contribution in [0.3, 0.4) is 0 Å². The van der Waals surface area contributed by atoms with Crippen molar-refractivity contribution >= 4 is 11.6 Å². The van der Waals surface area contributed by atoms with Crippen molar-refractivity contribution in [3.8, 4) is 0 Å². The minimum absolute atomic E-state index is 0.672. The van der Waals surface area contributed by atoms with E-state index in [-0.39, 0.29) is 0 Å². The van der Waals surface area contributed by atoms with E-state index in [4.69, 9.17) is 4.99 Å². The number of rotatable bonds is 8. The first kappa shape index (κ1) is 20.0. The van der Waals surface area contributed by atoms with Crippen LogP contribution in [-0.2, 0) is 13.1 Å². The summed E-state index contributed by atoms with van der Waals surface area (Å²) in [5, 5.41) is 11.3. The molecule has 0 atom stereocenters. The van der Waals surface area contributed by atoms with Gasteiger partial charge in [0.25, 0.3) is 0 Å². The molecule has 0 amide bonds. The van der Waals surface area contributed by atoms with Crippen molar-refractivity contribution in [3.05, 3.63) is 59.4 Å². The second-order valence-corrected chi connectivity index (χ2v) is 7.17. The van der Waals surface area contributed by atoms with Gasteiger partial charge in [0.15, 0.2) is 5.96 Å². The summed E-state index contributed by atoms with van der Waals surface area (Å²) in [7, 11) is 0. The summed E-state index contributed by atoms with van der Waals surface area (Å²) >= 11 is 0. The minimum atomic E-state index is 0.672. The quantitative estimate of drug-likeness (QED) is 0.320. The summed E-state index contributed by atoms with van der Waals surface area (Å²) in [5.74, 6) is 0.865. The molecule has 6 heteroatoms. The average molecular weight is 381 g/mol. The van der Waals surface area contributed by atoms with E-state index in [0.29, 0.717) is 6.54 Å². The maximum atomic E-state index is 4.72. The molecule has 28 heavy (non-hydrogen) atoms. The van der Waals surface area contributed by atoms with Gasteiger partial charge in [0.2, 0.25) is 0 Å². The lowest BCUT2D eigenvalue weighted by Crippen LogP contribution is -2.38. The first-order chi connectivity index (χ1) is 13.7. The van der Waals surface area contributed by atoms with Gasteiger partial charge in [-0.05, 0) is 51.0 Å². The molecule has 2 N–H and O–H groups in total. The first-order valence-electron chi connectivity index (χ1n) is 10.2. The smallest absolute Gasteiger partial charge is 0.191 e. The summed E-state index contributed by atoms with van der Waals surface area (Å²) in [6.45, 7) is 11.5. The monoisotopic (exact) mass is 380 g/mol. The number of hydrogen-bond donors (Lipinski definition) is 2. The van der Waals surface area contributed by atoms with Crippen LogP contribution in [0.1, 0.15) is 30.3 Å². The number of hydrogen-bond acceptors (Lipinski definition) is 3. The van der Waals surface area contributed by atoms with Crippen LogP contribution >= 0.6 is 0 Å². The van der Waals surface area contributed by atoms with E-state index in [0.717, 1.165) is 50.8 Å². The second kappa shape index (κ2) is 9.97. The molecule has 150 valence electrons. The van der Waals surface area contributed by atoms with Crippen molar-refractivity contribution in [2.45, 2.75) is 40.3 Å². The molecule has 2 heterocycles. The highest BCUT2D eigenvalue weighted by molar-refractivity contribution is 5.79. The van der Waals surface area contributed by atoms with Crippen molar-refractivity contribution in [2.75, 3.05) is 31.1 Å². The minimum Gasteiger partial charge on any atom is -0.364 e. The fourth-order valence-corrected chi connectivity index (χ4v) is 3.35. The molecular formula is C22H32N6. The third-order valence-electron chi connectivity index (χ3n) is 4.83. The normalized spacial score (nSPS) is 14.0. The fraction of sp³-hybridized carbons (Fsp3) is 0.455. The Morgan fingerprint density at radius 1 is 1.11 bits per heavy atom. The maximum absolute atomic E-state index is 4.72. The van der Waals surface area contributed by atoms with Crippen LogP contribution in [0.25, 0.3) is 0 Å². The van der Waals surface area contributed by atoms with E-state index in [1.165, 1.54) is 16.9 Å². The van der Waals surface area contributed by atoms with Gasteiger partial charge in [-0.3, -0.25) is 4.68 Å². The lowest BCUT2D eigenvalue weighted by Gasteiger charge is -2.17. The van der Waals surface area contributed by atoms with E-state index < -0.39 is 0 Å². The number of aromatic nitrogens is 2. The summed E-state index contributed by atoms with van der Waals surface area (Å²) in [5.41, 5.74) is 4.78. The fourth-order valence-electron chi connectivity index (χ4n) is 3.35. The Morgan fingerprint density at radius 2 is 1.86 bits per heavy atom. The Hall–Kier alpha value is -2.76. The highest BCUT2D eigenvalue weighted by atomic mass is 15.3. The lowest BCUT2D eigenvalue weighted by atomic mass is 10.2. The largest absolute Gasteiger partial charge is 0.364 e. The predicted molar refractivity (Wildman–Crippen MR) is 117 cm³/mol. The number of anilines is 1. The predicted octanol–water partition coefficient (Wildman–Crippen LogP) is 3.02. The van der Waals surface area contributed by atoms with Crippen LogP contribution in [0.5, 0.6) is 0 Å². The van der Waals surface area contributed by atoms with E-state index in [9.17, 15) is 0 Å². The Balaban J connectivity index is 1.47. The zero-order valence-electron chi connectivity index (χ0n) is 17.3. The summed E-state index contributed by atoms with van der Waals surface area (Å²) in [6, 6.07) is 10.8. The Kier molecular flexibility index (Phi) is 7.12. The van der Waals surface area contributed by atoms with E-state index in [1.54, 1.807) is 0 Å².